The van der Waals surface area contributed by atoms with Gasteiger partial charge in [-0.3, -0.25) is 4.79 Å². The van der Waals surface area contributed by atoms with Crippen LogP contribution in [0.25, 0.3) is 9.88 Å². The van der Waals surface area contributed by atoms with Gasteiger partial charge in [0, 0.05) is 24.8 Å². The van der Waals surface area contributed by atoms with Gasteiger partial charge in [0.15, 0.2) is 0 Å². The molecule has 0 aliphatic heterocycles. The van der Waals surface area contributed by atoms with Crippen LogP contribution < -0.4 is 0 Å². The molecule has 1 amide bonds. The highest BCUT2D eigenvalue weighted by Gasteiger charge is 2.29. The number of likely N-dealkylation sites (N-methyl/N-ethyl adjacent to an activating group) is 1. The molecule has 0 N–H and O–H groups in total. The normalized spacial score (nSPS) is 11.7. The second-order valence-electron chi connectivity index (χ2n) is 5.76. The van der Waals surface area contributed by atoms with E-state index in [0.717, 1.165) is 14.5 Å². The number of hydrogen-bond acceptors (Lipinski definition) is 5. The van der Waals surface area contributed by atoms with E-state index in [1.807, 2.05) is 6.07 Å². The topological polar surface area (TPSA) is 51.0 Å². The lowest BCUT2D eigenvalue weighted by Crippen LogP contribution is -2.30. The Morgan fingerprint density at radius 2 is 2.15 bits per heavy atom. The van der Waals surface area contributed by atoms with E-state index < -0.39 is 12.7 Å². The van der Waals surface area contributed by atoms with Gasteiger partial charge in [-0.25, -0.2) is 9.97 Å². The molecule has 3 aromatic heterocycles. The number of thiophene rings is 1. The fourth-order valence-electron chi connectivity index (χ4n) is 2.35. The molecular weight excluding hydrogens is 421 g/mol. The summed E-state index contributed by atoms with van der Waals surface area (Å²) in [5, 5.41) is 2.57. The molecule has 0 radical (unpaired) electrons. The number of amides is 1. The summed E-state index contributed by atoms with van der Waals surface area (Å²) < 4.78 is 39.4. The number of alkyl halides is 3. The van der Waals surface area contributed by atoms with E-state index in [4.69, 9.17) is 11.6 Å². The minimum absolute atomic E-state index is 0.0144. The van der Waals surface area contributed by atoms with Gasteiger partial charge in [0.1, 0.15) is 17.4 Å². The summed E-state index contributed by atoms with van der Waals surface area (Å²) in [6.07, 6.45) is -1.75. The Bertz CT molecular complexity index is 934. The Balaban J connectivity index is 1.62. The third kappa shape index (κ3) is 5.30. The van der Waals surface area contributed by atoms with Crippen LogP contribution in [0.4, 0.5) is 13.2 Å². The number of nitrogens with zero attached hydrogens (tertiary/aromatic N) is 4. The summed E-state index contributed by atoms with van der Waals surface area (Å²) in [5.41, 5.74) is 0.606. The summed E-state index contributed by atoms with van der Waals surface area (Å²) in [6.45, 7) is -1.15. The van der Waals surface area contributed by atoms with Crippen LogP contribution in [-0.2, 0) is 24.3 Å². The Morgan fingerprint density at radius 1 is 1.37 bits per heavy atom. The third-order valence-corrected chi connectivity index (χ3v) is 5.92. The van der Waals surface area contributed by atoms with Crippen LogP contribution in [0.1, 0.15) is 11.5 Å². The van der Waals surface area contributed by atoms with Crippen LogP contribution in [0.2, 0.25) is 4.34 Å². The number of halogens is 4. The van der Waals surface area contributed by atoms with Crippen molar-refractivity contribution >= 4 is 40.2 Å². The summed E-state index contributed by atoms with van der Waals surface area (Å²) in [4.78, 5) is 23.0. The summed E-state index contributed by atoms with van der Waals surface area (Å²) in [6, 6.07) is 3.65. The summed E-state index contributed by atoms with van der Waals surface area (Å²) in [7, 11) is 1.53. The van der Waals surface area contributed by atoms with Crippen LogP contribution in [-0.4, -0.2) is 38.6 Å². The van der Waals surface area contributed by atoms with Gasteiger partial charge >= 0.3 is 6.18 Å². The van der Waals surface area contributed by atoms with Crippen molar-refractivity contribution in [1.82, 2.24) is 19.4 Å². The number of hydrogen-bond donors (Lipinski definition) is 0. The molecule has 0 spiro atoms. The van der Waals surface area contributed by atoms with Crippen LogP contribution in [0.3, 0.4) is 0 Å². The zero-order valence-electron chi connectivity index (χ0n) is 14.0. The average Bonchev–Trinajstić information content (AvgIpc) is 3.28. The van der Waals surface area contributed by atoms with E-state index in [1.165, 1.54) is 47.0 Å². The molecule has 0 saturated carbocycles. The zero-order chi connectivity index (χ0) is 19.6. The molecule has 0 aromatic carbocycles. The lowest BCUT2D eigenvalue weighted by molar-refractivity contribution is -0.141. The predicted molar refractivity (Wildman–Crippen MR) is 98.9 cm³/mol. The Morgan fingerprint density at radius 3 is 2.81 bits per heavy atom. The Labute approximate surface area is 166 Å². The maximum absolute atomic E-state index is 12.6. The van der Waals surface area contributed by atoms with Gasteiger partial charge in [-0.2, -0.15) is 13.2 Å². The van der Waals surface area contributed by atoms with E-state index in [0.29, 0.717) is 10.0 Å². The number of rotatable bonds is 6. The largest absolute Gasteiger partial charge is 0.406 e. The first kappa shape index (κ1) is 19.8. The molecule has 3 aromatic rings. The molecule has 0 aliphatic carbocycles. The molecule has 0 aliphatic rings. The van der Waals surface area contributed by atoms with Crippen molar-refractivity contribution in [3.63, 3.8) is 0 Å². The SMILES string of the molecule is CN(Cc1nccn1CC(F)(F)F)C(=O)Cc1csc(-c2ccc(Cl)s2)n1. The van der Waals surface area contributed by atoms with Crippen molar-refractivity contribution < 1.29 is 18.0 Å². The molecule has 27 heavy (non-hydrogen) atoms. The number of carbonyl (C=O) groups excluding carboxylic acids is 1. The van der Waals surface area contributed by atoms with E-state index >= 15 is 0 Å². The minimum Gasteiger partial charge on any atom is -0.338 e. The minimum atomic E-state index is -4.35. The van der Waals surface area contributed by atoms with Crippen LogP contribution >= 0.6 is 34.3 Å². The number of imidazole rings is 1. The van der Waals surface area contributed by atoms with Crippen molar-refractivity contribution in [2.24, 2.45) is 0 Å². The van der Waals surface area contributed by atoms with Crippen LogP contribution in [0.5, 0.6) is 0 Å². The van der Waals surface area contributed by atoms with Gasteiger partial charge in [-0.05, 0) is 12.1 Å². The summed E-state index contributed by atoms with van der Waals surface area (Å²) in [5.74, 6) is -0.0759. The zero-order valence-corrected chi connectivity index (χ0v) is 16.4. The molecule has 3 rings (SSSR count). The first-order valence-corrected chi connectivity index (χ1v) is 9.79. The van der Waals surface area contributed by atoms with E-state index in [1.54, 1.807) is 11.4 Å². The smallest absolute Gasteiger partial charge is 0.338 e. The fourth-order valence-corrected chi connectivity index (χ4v) is 4.28. The molecule has 11 heteroatoms. The van der Waals surface area contributed by atoms with Gasteiger partial charge < -0.3 is 9.47 Å². The Hall–Kier alpha value is -1.91. The highest BCUT2D eigenvalue weighted by atomic mass is 35.5. The van der Waals surface area contributed by atoms with Gasteiger partial charge in [-0.15, -0.1) is 22.7 Å². The van der Waals surface area contributed by atoms with Crippen molar-refractivity contribution in [3.05, 3.63) is 45.8 Å². The second-order valence-corrected chi connectivity index (χ2v) is 8.33. The standard InChI is InChI=1S/C16H14ClF3N4OS2/c1-23(7-13-21-4-5-24(13)9-16(18,19)20)14(25)6-10-8-26-15(22-10)11-2-3-12(17)27-11/h2-5,8H,6-7,9H2,1H3. The molecule has 0 bridgehead atoms. The molecule has 3 heterocycles. The lowest BCUT2D eigenvalue weighted by Gasteiger charge is -2.18. The average molecular weight is 435 g/mol. The highest BCUT2D eigenvalue weighted by Crippen LogP contribution is 2.33. The number of carbonyl (C=O) groups is 1. The predicted octanol–water partition coefficient (Wildman–Crippen LogP) is 4.48. The third-order valence-electron chi connectivity index (χ3n) is 3.62. The van der Waals surface area contributed by atoms with E-state index in [9.17, 15) is 18.0 Å². The van der Waals surface area contributed by atoms with Gasteiger partial charge in [-0.1, -0.05) is 11.6 Å². The number of thiazole rings is 1. The highest BCUT2D eigenvalue weighted by molar-refractivity contribution is 7.23. The van der Waals surface area contributed by atoms with Crippen molar-refractivity contribution in [3.8, 4) is 9.88 Å². The molecule has 0 unspecified atom stereocenters. The van der Waals surface area contributed by atoms with Crippen LogP contribution in [0, 0.1) is 0 Å². The fraction of sp³-hybridized carbons (Fsp3) is 0.312. The monoisotopic (exact) mass is 434 g/mol. The molecule has 5 nitrogen and oxygen atoms in total. The van der Waals surface area contributed by atoms with Crippen molar-refractivity contribution in [1.29, 1.82) is 0 Å². The molecule has 0 saturated heterocycles. The Kier molecular flexibility index (Phi) is 5.87. The first-order chi connectivity index (χ1) is 12.7. The number of aromatic nitrogens is 3. The van der Waals surface area contributed by atoms with Crippen molar-refractivity contribution in [2.45, 2.75) is 25.7 Å². The van der Waals surface area contributed by atoms with Gasteiger partial charge in [0.2, 0.25) is 5.91 Å². The lowest BCUT2D eigenvalue weighted by atomic mass is 10.3. The summed E-state index contributed by atoms with van der Waals surface area (Å²) >= 11 is 8.74. The maximum atomic E-state index is 12.6. The molecule has 0 atom stereocenters. The molecule has 144 valence electrons. The quantitative estimate of drug-likeness (QED) is 0.574. The maximum Gasteiger partial charge on any atom is 0.406 e. The first-order valence-electron chi connectivity index (χ1n) is 7.72. The van der Waals surface area contributed by atoms with Crippen LogP contribution in [0.15, 0.2) is 29.9 Å². The van der Waals surface area contributed by atoms with Gasteiger partial charge in [0.05, 0.1) is 27.9 Å². The van der Waals surface area contributed by atoms with Crippen molar-refractivity contribution in [2.75, 3.05) is 7.05 Å². The second kappa shape index (κ2) is 7.99. The van der Waals surface area contributed by atoms with E-state index in [2.05, 4.69) is 9.97 Å². The van der Waals surface area contributed by atoms with E-state index in [-0.39, 0.29) is 24.7 Å². The molecular formula is C16H14ClF3N4OS2. The molecule has 0 fully saturated rings. The van der Waals surface area contributed by atoms with Gasteiger partial charge in [0.25, 0.3) is 0 Å².